The van der Waals surface area contributed by atoms with Crippen LogP contribution < -0.4 is 5.32 Å². The molecule has 1 aliphatic rings. The van der Waals surface area contributed by atoms with E-state index in [0.29, 0.717) is 24.3 Å². The number of hydrogen-bond acceptors (Lipinski definition) is 3. The second-order valence-corrected chi connectivity index (χ2v) is 9.04. The van der Waals surface area contributed by atoms with Crippen LogP contribution in [-0.2, 0) is 16.2 Å². The topological polar surface area (TPSA) is 52.6 Å². The lowest BCUT2D eigenvalue weighted by atomic mass is 10.2. The maximum absolute atomic E-state index is 12.9. The average molecular weight is 444 g/mol. The van der Waals surface area contributed by atoms with E-state index in [1.54, 1.807) is 0 Å². The first-order chi connectivity index (χ1) is 13.6. The molecule has 1 heterocycles. The molecule has 0 amide bonds. The van der Waals surface area contributed by atoms with Gasteiger partial charge < -0.3 is 10.2 Å². The number of aryl methyl sites for hydroxylation is 1. The minimum atomic E-state index is -4.60. The van der Waals surface area contributed by atoms with Crippen LogP contribution in [0.2, 0.25) is 0 Å². The summed E-state index contributed by atoms with van der Waals surface area (Å²) in [5.41, 5.74) is 0.935. The quantitative estimate of drug-likeness (QED) is 0.733. The Morgan fingerprint density at radius 2 is 1.69 bits per heavy atom. The number of thiocarbonyl (C=S) groups is 1. The number of sulfonamides is 1. The van der Waals surface area contributed by atoms with Crippen LogP contribution in [0.5, 0.6) is 0 Å². The Labute approximate surface area is 173 Å². The number of alkyl halides is 3. The normalized spacial score (nSPS) is 15.9. The molecule has 5 nitrogen and oxygen atoms in total. The molecule has 10 heteroatoms. The van der Waals surface area contributed by atoms with Crippen LogP contribution in [0.4, 0.5) is 18.9 Å². The zero-order chi connectivity index (χ0) is 21.2. The van der Waals surface area contributed by atoms with E-state index in [9.17, 15) is 21.6 Å². The first-order valence-corrected chi connectivity index (χ1v) is 10.7. The zero-order valence-corrected chi connectivity index (χ0v) is 17.2. The summed E-state index contributed by atoms with van der Waals surface area (Å²) < 4.78 is 65.4. The third-order valence-corrected chi connectivity index (χ3v) is 6.85. The number of anilines is 1. The van der Waals surface area contributed by atoms with Crippen molar-refractivity contribution in [3.63, 3.8) is 0 Å². The highest BCUT2D eigenvalue weighted by atomic mass is 32.2. The van der Waals surface area contributed by atoms with Crippen molar-refractivity contribution in [1.29, 1.82) is 0 Å². The van der Waals surface area contributed by atoms with E-state index in [1.807, 2.05) is 36.1 Å². The van der Waals surface area contributed by atoms with Gasteiger partial charge in [-0.05, 0) is 55.0 Å². The first kappa shape index (κ1) is 21.5. The molecule has 0 spiro atoms. The van der Waals surface area contributed by atoms with Crippen LogP contribution in [0, 0.1) is 6.92 Å². The largest absolute Gasteiger partial charge is 0.416 e. The summed E-state index contributed by atoms with van der Waals surface area (Å²) >= 11 is 5.40. The number of nitrogens with one attached hydrogen (secondary N) is 1. The van der Waals surface area contributed by atoms with Gasteiger partial charge in [0.2, 0.25) is 10.0 Å². The molecule has 156 valence electrons. The first-order valence-electron chi connectivity index (χ1n) is 8.87. The highest BCUT2D eigenvalue weighted by Crippen LogP contribution is 2.31. The van der Waals surface area contributed by atoms with Gasteiger partial charge in [0.25, 0.3) is 0 Å². The van der Waals surface area contributed by atoms with Gasteiger partial charge in [-0.2, -0.15) is 17.5 Å². The van der Waals surface area contributed by atoms with Crippen molar-refractivity contribution in [1.82, 2.24) is 9.21 Å². The van der Waals surface area contributed by atoms with Crippen LogP contribution in [0.25, 0.3) is 0 Å². The van der Waals surface area contributed by atoms with Gasteiger partial charge in [0.05, 0.1) is 10.5 Å². The van der Waals surface area contributed by atoms with Crippen LogP contribution in [0.15, 0.2) is 53.4 Å². The van der Waals surface area contributed by atoms with E-state index in [0.717, 1.165) is 23.4 Å². The van der Waals surface area contributed by atoms with E-state index in [-0.39, 0.29) is 18.0 Å². The molecule has 2 aromatic carbocycles. The third-order valence-electron chi connectivity index (χ3n) is 4.59. The Bertz CT molecular complexity index is 1000. The zero-order valence-electron chi connectivity index (χ0n) is 15.6. The minimum Gasteiger partial charge on any atom is -0.346 e. The predicted octanol–water partition coefficient (Wildman–Crippen LogP) is 3.72. The molecule has 0 radical (unpaired) electrons. The molecule has 0 unspecified atom stereocenters. The monoisotopic (exact) mass is 443 g/mol. The van der Waals surface area contributed by atoms with Gasteiger partial charge in [-0.25, -0.2) is 8.42 Å². The molecule has 0 aliphatic carbocycles. The summed E-state index contributed by atoms with van der Waals surface area (Å²) in [6.45, 7) is 2.92. The lowest BCUT2D eigenvalue weighted by molar-refractivity contribution is -0.137. The fourth-order valence-electron chi connectivity index (χ4n) is 3.04. The van der Waals surface area contributed by atoms with Crippen molar-refractivity contribution in [3.8, 4) is 0 Å². The molecular weight excluding hydrogens is 423 g/mol. The number of benzene rings is 2. The molecule has 2 aromatic rings. The van der Waals surface area contributed by atoms with Gasteiger partial charge in [-0.3, -0.25) is 0 Å². The van der Waals surface area contributed by atoms with Crippen molar-refractivity contribution >= 4 is 33.0 Å². The summed E-state index contributed by atoms with van der Waals surface area (Å²) in [6, 6.07) is 11.5. The highest BCUT2D eigenvalue weighted by Gasteiger charge is 2.34. The SMILES string of the molecule is Cc1cccc(NC(=S)N2CCN(S(=O)(=O)c3cccc(C(F)(F)F)c3)CC2)c1. The van der Waals surface area contributed by atoms with E-state index in [1.165, 1.54) is 10.4 Å². The van der Waals surface area contributed by atoms with Gasteiger partial charge in [-0.1, -0.05) is 18.2 Å². The Balaban J connectivity index is 1.66. The Morgan fingerprint density at radius 1 is 1.03 bits per heavy atom. The predicted molar refractivity (Wildman–Crippen MR) is 109 cm³/mol. The lowest BCUT2D eigenvalue weighted by Crippen LogP contribution is -2.51. The fraction of sp³-hybridized carbons (Fsp3) is 0.316. The van der Waals surface area contributed by atoms with Crippen LogP contribution in [0.1, 0.15) is 11.1 Å². The molecule has 1 aliphatic heterocycles. The number of rotatable bonds is 3. The average Bonchev–Trinajstić information content (AvgIpc) is 2.67. The molecule has 0 aromatic heterocycles. The Kier molecular flexibility index (Phi) is 6.16. The minimum absolute atomic E-state index is 0.133. The van der Waals surface area contributed by atoms with Gasteiger partial charge in [0, 0.05) is 31.9 Å². The third kappa shape index (κ3) is 5.06. The molecule has 1 saturated heterocycles. The van der Waals surface area contributed by atoms with Gasteiger partial charge in [0.15, 0.2) is 5.11 Å². The van der Waals surface area contributed by atoms with Crippen molar-refractivity contribution in [3.05, 3.63) is 59.7 Å². The van der Waals surface area contributed by atoms with Crippen molar-refractivity contribution in [2.45, 2.75) is 18.0 Å². The van der Waals surface area contributed by atoms with Crippen molar-refractivity contribution in [2.75, 3.05) is 31.5 Å². The highest BCUT2D eigenvalue weighted by molar-refractivity contribution is 7.89. The van der Waals surface area contributed by atoms with Crippen LogP contribution in [-0.4, -0.2) is 48.9 Å². The summed E-state index contributed by atoms with van der Waals surface area (Å²) in [4.78, 5) is 1.48. The molecule has 1 fully saturated rings. The summed E-state index contributed by atoms with van der Waals surface area (Å²) in [7, 11) is -4.02. The number of nitrogens with zero attached hydrogens (tertiary/aromatic N) is 2. The lowest BCUT2D eigenvalue weighted by Gasteiger charge is -2.35. The molecule has 1 N–H and O–H groups in total. The second kappa shape index (κ2) is 8.29. The van der Waals surface area contributed by atoms with E-state index < -0.39 is 21.8 Å². The molecule has 3 rings (SSSR count). The molecule has 0 atom stereocenters. The number of hydrogen-bond donors (Lipinski definition) is 1. The van der Waals surface area contributed by atoms with Crippen molar-refractivity contribution in [2.24, 2.45) is 0 Å². The standard InChI is InChI=1S/C19H20F3N3O2S2/c1-14-4-2-6-16(12-14)23-18(28)24-8-10-25(11-9-24)29(26,27)17-7-3-5-15(13-17)19(20,21)22/h2-7,12-13H,8-11H2,1H3,(H,23,28). The van der Waals surface area contributed by atoms with E-state index >= 15 is 0 Å². The fourth-order valence-corrected chi connectivity index (χ4v) is 4.81. The molecular formula is C19H20F3N3O2S2. The molecule has 0 saturated carbocycles. The van der Waals surface area contributed by atoms with Crippen LogP contribution >= 0.6 is 12.2 Å². The van der Waals surface area contributed by atoms with E-state index in [2.05, 4.69) is 5.32 Å². The maximum atomic E-state index is 12.9. The number of piperazine rings is 1. The van der Waals surface area contributed by atoms with Gasteiger partial charge in [-0.15, -0.1) is 0 Å². The molecule has 29 heavy (non-hydrogen) atoms. The van der Waals surface area contributed by atoms with Crippen LogP contribution in [0.3, 0.4) is 0 Å². The molecule has 0 bridgehead atoms. The second-order valence-electron chi connectivity index (χ2n) is 6.72. The number of halogens is 3. The smallest absolute Gasteiger partial charge is 0.346 e. The summed E-state index contributed by atoms with van der Waals surface area (Å²) in [5, 5.41) is 3.60. The van der Waals surface area contributed by atoms with E-state index in [4.69, 9.17) is 12.2 Å². The van der Waals surface area contributed by atoms with Gasteiger partial charge in [0.1, 0.15) is 0 Å². The Morgan fingerprint density at radius 3 is 2.31 bits per heavy atom. The van der Waals surface area contributed by atoms with Crippen molar-refractivity contribution < 1.29 is 21.6 Å². The summed E-state index contributed by atoms with van der Waals surface area (Å²) in [5.74, 6) is 0. The summed E-state index contributed by atoms with van der Waals surface area (Å²) in [6.07, 6.45) is -4.60. The van der Waals surface area contributed by atoms with Gasteiger partial charge >= 0.3 is 6.18 Å². The maximum Gasteiger partial charge on any atom is 0.416 e. The Hall–Kier alpha value is -2.17.